The minimum absolute atomic E-state index is 0.132. The van der Waals surface area contributed by atoms with Gasteiger partial charge in [0.05, 0.1) is 11.9 Å². The van der Waals surface area contributed by atoms with Gasteiger partial charge in [-0.15, -0.1) is 0 Å². The maximum absolute atomic E-state index is 12.3. The summed E-state index contributed by atoms with van der Waals surface area (Å²) in [7, 11) is -3.41. The number of carbonyl (C=O) groups is 1. The molecular weight excluding hydrogens is 372 g/mol. The molecule has 146 valence electrons. The zero-order chi connectivity index (χ0) is 20.1. The highest BCUT2D eigenvalue weighted by Crippen LogP contribution is 2.20. The second kappa shape index (κ2) is 8.44. The molecular formula is C22H24N2O3S. The Morgan fingerprint density at radius 2 is 1.64 bits per heavy atom. The number of hydrogen-bond acceptors (Lipinski definition) is 3. The summed E-state index contributed by atoms with van der Waals surface area (Å²) in [5.41, 5.74) is 2.41. The van der Waals surface area contributed by atoms with Crippen LogP contribution < -0.4 is 9.62 Å². The standard InChI is InChI=1S/C22H24N2O3S/c1-17-9-13-21(14-10-17)24(28(2,26)27)15-5-8-22(25)23-20-12-11-18-6-3-4-7-19(18)16-20/h3-4,6-7,9-14,16H,5,8,15H2,1-2H3,(H,23,25). The molecule has 0 atom stereocenters. The van der Waals surface area contributed by atoms with Crippen molar-refractivity contribution in [3.05, 3.63) is 72.3 Å². The molecule has 0 saturated carbocycles. The maximum atomic E-state index is 12.3. The lowest BCUT2D eigenvalue weighted by Gasteiger charge is -2.22. The van der Waals surface area contributed by atoms with Crippen LogP contribution in [0.4, 0.5) is 11.4 Å². The third-order valence-electron chi connectivity index (χ3n) is 4.52. The van der Waals surface area contributed by atoms with Crippen molar-refractivity contribution in [3.63, 3.8) is 0 Å². The van der Waals surface area contributed by atoms with E-state index in [9.17, 15) is 13.2 Å². The summed E-state index contributed by atoms with van der Waals surface area (Å²) in [6, 6.07) is 21.0. The molecule has 3 aromatic rings. The first-order valence-corrected chi connectivity index (χ1v) is 11.0. The van der Waals surface area contributed by atoms with Crippen LogP contribution in [-0.4, -0.2) is 27.1 Å². The van der Waals surface area contributed by atoms with E-state index in [0.717, 1.165) is 22.0 Å². The number of nitrogens with zero attached hydrogens (tertiary/aromatic N) is 1. The van der Waals surface area contributed by atoms with Crippen LogP contribution in [0.5, 0.6) is 0 Å². The first-order chi connectivity index (χ1) is 13.3. The van der Waals surface area contributed by atoms with Crippen molar-refractivity contribution in [3.8, 4) is 0 Å². The first-order valence-electron chi connectivity index (χ1n) is 9.16. The Balaban J connectivity index is 1.60. The van der Waals surface area contributed by atoms with Crippen molar-refractivity contribution in [2.24, 2.45) is 0 Å². The van der Waals surface area contributed by atoms with Gasteiger partial charge in [0.25, 0.3) is 0 Å². The molecule has 1 N–H and O–H groups in total. The van der Waals surface area contributed by atoms with Crippen molar-refractivity contribution >= 4 is 38.1 Å². The highest BCUT2D eigenvalue weighted by Gasteiger charge is 2.17. The van der Waals surface area contributed by atoms with Gasteiger partial charge in [-0.25, -0.2) is 8.42 Å². The van der Waals surface area contributed by atoms with Crippen molar-refractivity contribution in [2.75, 3.05) is 22.4 Å². The van der Waals surface area contributed by atoms with Crippen LogP contribution in [0, 0.1) is 6.92 Å². The molecule has 0 aliphatic heterocycles. The van der Waals surface area contributed by atoms with Gasteiger partial charge in [-0.3, -0.25) is 9.10 Å². The van der Waals surface area contributed by atoms with Crippen LogP contribution in [0.3, 0.4) is 0 Å². The van der Waals surface area contributed by atoms with Crippen molar-refractivity contribution in [1.29, 1.82) is 0 Å². The Labute approximate surface area is 166 Å². The van der Waals surface area contributed by atoms with Crippen molar-refractivity contribution < 1.29 is 13.2 Å². The highest BCUT2D eigenvalue weighted by atomic mass is 32.2. The van der Waals surface area contributed by atoms with Crippen molar-refractivity contribution in [1.82, 2.24) is 0 Å². The molecule has 3 rings (SSSR count). The summed E-state index contributed by atoms with van der Waals surface area (Å²) in [6.45, 7) is 2.21. The minimum Gasteiger partial charge on any atom is -0.326 e. The van der Waals surface area contributed by atoms with Gasteiger partial charge in [0.1, 0.15) is 0 Å². The molecule has 0 saturated heterocycles. The molecule has 1 amide bonds. The lowest BCUT2D eigenvalue weighted by molar-refractivity contribution is -0.116. The number of fused-ring (bicyclic) bond motifs is 1. The van der Waals surface area contributed by atoms with Gasteiger partial charge in [0.15, 0.2) is 0 Å². The van der Waals surface area contributed by atoms with Gasteiger partial charge in [0, 0.05) is 18.7 Å². The molecule has 28 heavy (non-hydrogen) atoms. The van der Waals surface area contributed by atoms with E-state index in [1.54, 1.807) is 12.1 Å². The molecule has 0 aliphatic carbocycles. The number of rotatable bonds is 7. The minimum atomic E-state index is -3.41. The molecule has 6 heteroatoms. The lowest BCUT2D eigenvalue weighted by Crippen LogP contribution is -2.31. The zero-order valence-electron chi connectivity index (χ0n) is 16.1. The van der Waals surface area contributed by atoms with Crippen LogP contribution >= 0.6 is 0 Å². The molecule has 0 aliphatic rings. The average molecular weight is 397 g/mol. The molecule has 0 heterocycles. The molecule has 5 nitrogen and oxygen atoms in total. The van der Waals surface area contributed by atoms with Gasteiger partial charge >= 0.3 is 0 Å². The van der Waals surface area contributed by atoms with E-state index in [4.69, 9.17) is 0 Å². The summed E-state index contributed by atoms with van der Waals surface area (Å²) in [5.74, 6) is -0.132. The normalized spacial score (nSPS) is 11.4. The molecule has 3 aromatic carbocycles. The van der Waals surface area contributed by atoms with Gasteiger partial charge < -0.3 is 5.32 Å². The molecule has 0 radical (unpaired) electrons. The highest BCUT2D eigenvalue weighted by molar-refractivity contribution is 7.92. The van der Waals surface area contributed by atoms with Gasteiger partial charge in [0.2, 0.25) is 15.9 Å². The summed E-state index contributed by atoms with van der Waals surface area (Å²) in [6.07, 6.45) is 1.85. The Kier molecular flexibility index (Phi) is 5.99. The Morgan fingerprint density at radius 3 is 2.32 bits per heavy atom. The summed E-state index contributed by atoms with van der Waals surface area (Å²) >= 11 is 0. The summed E-state index contributed by atoms with van der Waals surface area (Å²) in [4.78, 5) is 12.3. The van der Waals surface area contributed by atoms with Gasteiger partial charge in [-0.2, -0.15) is 0 Å². The third-order valence-corrected chi connectivity index (χ3v) is 5.71. The van der Waals surface area contributed by atoms with E-state index in [-0.39, 0.29) is 18.9 Å². The Bertz CT molecular complexity index is 1080. The smallest absolute Gasteiger partial charge is 0.232 e. The number of hydrogen-bond donors (Lipinski definition) is 1. The van der Waals surface area contributed by atoms with Gasteiger partial charge in [-0.05, 0) is 48.4 Å². The monoisotopic (exact) mass is 396 g/mol. The van der Waals surface area contributed by atoms with E-state index >= 15 is 0 Å². The molecule has 0 bridgehead atoms. The second-order valence-electron chi connectivity index (χ2n) is 6.88. The van der Waals surface area contributed by atoms with Gasteiger partial charge in [-0.1, -0.05) is 48.0 Å². The number of nitrogens with one attached hydrogen (secondary N) is 1. The first kappa shape index (κ1) is 19.9. The van der Waals surface area contributed by atoms with Crippen LogP contribution in [0.25, 0.3) is 10.8 Å². The number of anilines is 2. The second-order valence-corrected chi connectivity index (χ2v) is 8.79. The van der Waals surface area contributed by atoms with E-state index < -0.39 is 10.0 Å². The summed E-state index contributed by atoms with van der Waals surface area (Å²) < 4.78 is 25.6. The predicted molar refractivity (Wildman–Crippen MR) is 115 cm³/mol. The van der Waals surface area contributed by atoms with Crippen LogP contribution in [-0.2, 0) is 14.8 Å². The fourth-order valence-electron chi connectivity index (χ4n) is 3.07. The van der Waals surface area contributed by atoms with Crippen LogP contribution in [0.1, 0.15) is 18.4 Å². The number of amides is 1. The topological polar surface area (TPSA) is 66.5 Å². The fourth-order valence-corrected chi connectivity index (χ4v) is 4.04. The van der Waals surface area contributed by atoms with Crippen molar-refractivity contribution in [2.45, 2.75) is 19.8 Å². The van der Waals surface area contributed by atoms with E-state index in [1.807, 2.05) is 61.5 Å². The number of aryl methyl sites for hydroxylation is 1. The number of sulfonamides is 1. The van der Waals surface area contributed by atoms with Crippen LogP contribution in [0.2, 0.25) is 0 Å². The average Bonchev–Trinajstić information content (AvgIpc) is 2.65. The number of carbonyl (C=O) groups excluding carboxylic acids is 1. The molecule has 0 spiro atoms. The van der Waals surface area contributed by atoms with E-state index in [1.165, 1.54) is 10.6 Å². The SMILES string of the molecule is Cc1ccc(N(CCCC(=O)Nc2ccc3ccccc3c2)S(C)(=O)=O)cc1. The third kappa shape index (κ3) is 5.10. The quantitative estimate of drug-likeness (QED) is 0.646. The van der Waals surface area contributed by atoms with E-state index in [0.29, 0.717) is 12.1 Å². The van der Waals surface area contributed by atoms with E-state index in [2.05, 4.69) is 5.32 Å². The summed E-state index contributed by atoms with van der Waals surface area (Å²) in [5, 5.41) is 5.06. The Morgan fingerprint density at radius 1 is 0.964 bits per heavy atom. The lowest BCUT2D eigenvalue weighted by atomic mass is 10.1. The van der Waals surface area contributed by atoms with Crippen LogP contribution in [0.15, 0.2) is 66.7 Å². The molecule has 0 aromatic heterocycles. The molecule has 0 fully saturated rings. The maximum Gasteiger partial charge on any atom is 0.232 e. The number of benzene rings is 3. The predicted octanol–water partition coefficient (Wildman–Crippen LogP) is 4.33. The Hall–Kier alpha value is -2.86. The fraction of sp³-hybridized carbons (Fsp3) is 0.227. The molecule has 0 unspecified atom stereocenters. The zero-order valence-corrected chi connectivity index (χ0v) is 16.9. The largest absolute Gasteiger partial charge is 0.326 e.